The quantitative estimate of drug-likeness (QED) is 0.211. The van der Waals surface area contributed by atoms with Crippen LogP contribution in [0.4, 0.5) is 0 Å². The van der Waals surface area contributed by atoms with Crippen molar-refractivity contribution in [1.29, 1.82) is 0 Å². The van der Waals surface area contributed by atoms with E-state index in [0.717, 1.165) is 11.8 Å². The average Bonchev–Trinajstić information content (AvgIpc) is 2.59. The molecule has 0 aliphatic carbocycles. The summed E-state index contributed by atoms with van der Waals surface area (Å²) in [5.41, 5.74) is -0.464. The lowest BCUT2D eigenvalue weighted by Crippen LogP contribution is -2.57. The zero-order valence-corrected chi connectivity index (χ0v) is 13.1. The monoisotopic (exact) mass is 345 g/mol. The molecule has 9 heteroatoms. The standard InChI is InChI=1S/C14H19NO7S/c1-21-8-4-2-7(3-5-8)13(15-20)23-14-12(19)11(18)10(17)9(6-16)22-14/h2-5,9-12,14,16-20H,6H2,1H3/b15-13+/t9-,10-,11+,12-,14+/m1/s1. The minimum Gasteiger partial charge on any atom is -0.497 e. The summed E-state index contributed by atoms with van der Waals surface area (Å²) in [7, 11) is 1.53. The van der Waals surface area contributed by atoms with Crippen LogP contribution in [-0.4, -0.2) is 74.2 Å². The van der Waals surface area contributed by atoms with E-state index in [4.69, 9.17) is 14.6 Å². The Morgan fingerprint density at radius 1 is 1.17 bits per heavy atom. The van der Waals surface area contributed by atoms with E-state index in [-0.39, 0.29) is 5.04 Å². The van der Waals surface area contributed by atoms with Gasteiger partial charge < -0.3 is 35.1 Å². The van der Waals surface area contributed by atoms with Gasteiger partial charge in [0.2, 0.25) is 0 Å². The highest BCUT2D eigenvalue weighted by Gasteiger charge is 2.44. The second kappa shape index (κ2) is 7.95. The van der Waals surface area contributed by atoms with Crippen LogP contribution in [0, 0.1) is 0 Å². The Morgan fingerprint density at radius 2 is 1.83 bits per heavy atom. The maximum absolute atomic E-state index is 10.0. The van der Waals surface area contributed by atoms with Gasteiger partial charge in [0.15, 0.2) is 0 Å². The number of aliphatic hydroxyl groups excluding tert-OH is 4. The zero-order chi connectivity index (χ0) is 17.0. The van der Waals surface area contributed by atoms with Crippen LogP contribution < -0.4 is 4.74 Å². The van der Waals surface area contributed by atoms with Crippen molar-refractivity contribution in [3.8, 4) is 5.75 Å². The van der Waals surface area contributed by atoms with Gasteiger partial charge in [-0.1, -0.05) is 16.9 Å². The number of methoxy groups -OCH3 is 1. The number of benzene rings is 1. The number of hydrogen-bond acceptors (Lipinski definition) is 9. The molecule has 0 spiro atoms. The molecule has 1 aromatic carbocycles. The molecule has 1 aliphatic heterocycles. The normalized spacial score (nSPS) is 31.9. The van der Waals surface area contributed by atoms with E-state index in [1.54, 1.807) is 24.3 Å². The maximum Gasteiger partial charge on any atom is 0.145 e. The van der Waals surface area contributed by atoms with Crippen LogP contribution in [0.2, 0.25) is 0 Å². The molecule has 0 radical (unpaired) electrons. The van der Waals surface area contributed by atoms with Crippen LogP contribution in [0.5, 0.6) is 5.75 Å². The van der Waals surface area contributed by atoms with Gasteiger partial charge in [0.1, 0.15) is 40.6 Å². The molecule has 1 aliphatic rings. The minimum absolute atomic E-state index is 0.150. The minimum atomic E-state index is -1.48. The van der Waals surface area contributed by atoms with Crippen LogP contribution in [-0.2, 0) is 4.74 Å². The van der Waals surface area contributed by atoms with E-state index < -0.39 is 36.5 Å². The lowest BCUT2D eigenvalue weighted by Gasteiger charge is -2.39. The summed E-state index contributed by atoms with van der Waals surface area (Å²) >= 11 is 0.870. The number of nitrogens with zero attached hydrogens (tertiary/aromatic N) is 1. The van der Waals surface area contributed by atoms with Crippen LogP contribution in [0.25, 0.3) is 0 Å². The highest BCUT2D eigenvalue weighted by molar-refractivity contribution is 8.14. The van der Waals surface area contributed by atoms with E-state index in [2.05, 4.69) is 5.16 Å². The molecule has 5 atom stereocenters. The highest BCUT2D eigenvalue weighted by atomic mass is 32.2. The van der Waals surface area contributed by atoms with Gasteiger partial charge in [-0.15, -0.1) is 0 Å². The van der Waals surface area contributed by atoms with Gasteiger partial charge in [-0.05, 0) is 24.3 Å². The molecule has 1 fully saturated rings. The molecule has 1 heterocycles. The van der Waals surface area contributed by atoms with E-state index in [9.17, 15) is 20.5 Å². The van der Waals surface area contributed by atoms with Crippen molar-refractivity contribution in [2.24, 2.45) is 5.16 Å². The molecular weight excluding hydrogens is 326 g/mol. The van der Waals surface area contributed by atoms with Crippen LogP contribution in [0.1, 0.15) is 5.56 Å². The van der Waals surface area contributed by atoms with E-state index >= 15 is 0 Å². The van der Waals surface area contributed by atoms with E-state index in [1.807, 2.05) is 0 Å². The summed E-state index contributed by atoms with van der Waals surface area (Å²) in [6.45, 7) is -0.518. The van der Waals surface area contributed by atoms with E-state index in [1.165, 1.54) is 7.11 Å². The molecule has 0 aromatic heterocycles. The Morgan fingerprint density at radius 3 is 2.35 bits per heavy atom. The molecule has 0 bridgehead atoms. The SMILES string of the molecule is COc1ccc(/C(=N\O)S[C@@H]2O[C@H](CO)[C@@H](O)[C@H](O)[C@H]2O)cc1. The topological polar surface area (TPSA) is 132 Å². The summed E-state index contributed by atoms with van der Waals surface area (Å²) in [6.07, 6.45) is -5.33. The highest BCUT2D eigenvalue weighted by Crippen LogP contribution is 2.31. The third-order valence-electron chi connectivity index (χ3n) is 3.50. The second-order valence-corrected chi connectivity index (χ2v) is 6.04. The zero-order valence-electron chi connectivity index (χ0n) is 12.3. The first-order chi connectivity index (χ1) is 11.0. The number of hydrogen-bond donors (Lipinski definition) is 5. The smallest absolute Gasteiger partial charge is 0.145 e. The molecule has 0 amide bonds. The molecule has 128 valence electrons. The number of rotatable bonds is 4. The fourth-order valence-electron chi connectivity index (χ4n) is 2.16. The third kappa shape index (κ3) is 3.94. The molecule has 0 saturated carbocycles. The first kappa shape index (κ1) is 18.0. The van der Waals surface area contributed by atoms with Gasteiger partial charge in [-0.25, -0.2) is 0 Å². The van der Waals surface area contributed by atoms with Gasteiger partial charge in [-0.2, -0.15) is 0 Å². The van der Waals surface area contributed by atoms with Crippen LogP contribution in [0.3, 0.4) is 0 Å². The first-order valence-corrected chi connectivity index (χ1v) is 7.73. The predicted molar refractivity (Wildman–Crippen MR) is 82.7 cm³/mol. The number of thioether (sulfide) groups is 1. The molecule has 1 saturated heterocycles. The van der Waals surface area contributed by atoms with Crippen molar-refractivity contribution in [3.63, 3.8) is 0 Å². The van der Waals surface area contributed by atoms with Crippen molar-refractivity contribution >= 4 is 16.8 Å². The van der Waals surface area contributed by atoms with Crippen molar-refractivity contribution in [3.05, 3.63) is 29.8 Å². The first-order valence-electron chi connectivity index (χ1n) is 6.85. The van der Waals surface area contributed by atoms with Gasteiger partial charge in [-0.3, -0.25) is 0 Å². The van der Waals surface area contributed by atoms with Crippen molar-refractivity contribution in [2.45, 2.75) is 29.9 Å². The molecule has 0 unspecified atom stereocenters. The van der Waals surface area contributed by atoms with Crippen molar-refractivity contribution in [2.75, 3.05) is 13.7 Å². The Labute approximate surface area is 137 Å². The number of aliphatic hydroxyl groups is 4. The van der Waals surface area contributed by atoms with E-state index in [0.29, 0.717) is 11.3 Å². The van der Waals surface area contributed by atoms with Gasteiger partial charge in [0, 0.05) is 5.56 Å². The predicted octanol–water partition coefficient (Wildman–Crippen LogP) is -0.636. The van der Waals surface area contributed by atoms with Gasteiger partial charge >= 0.3 is 0 Å². The lowest BCUT2D eigenvalue weighted by molar-refractivity contribution is -0.205. The summed E-state index contributed by atoms with van der Waals surface area (Å²) in [6, 6.07) is 6.67. The maximum atomic E-state index is 10.0. The van der Waals surface area contributed by atoms with Crippen LogP contribution >= 0.6 is 11.8 Å². The Bertz CT molecular complexity index is 536. The van der Waals surface area contributed by atoms with Crippen molar-refractivity contribution < 1.29 is 35.1 Å². The molecule has 23 heavy (non-hydrogen) atoms. The summed E-state index contributed by atoms with van der Waals surface area (Å²) in [5, 5.41) is 51.2. The fourth-order valence-corrected chi connectivity index (χ4v) is 3.20. The third-order valence-corrected chi connectivity index (χ3v) is 4.67. The molecule has 2 rings (SSSR count). The molecule has 8 nitrogen and oxygen atoms in total. The fraction of sp³-hybridized carbons (Fsp3) is 0.500. The summed E-state index contributed by atoms with van der Waals surface area (Å²) in [5.74, 6) is 0.629. The van der Waals surface area contributed by atoms with Gasteiger partial charge in [0.25, 0.3) is 0 Å². The van der Waals surface area contributed by atoms with Crippen molar-refractivity contribution in [1.82, 2.24) is 0 Å². The number of oxime groups is 1. The summed E-state index contributed by atoms with van der Waals surface area (Å²) < 4.78 is 10.4. The summed E-state index contributed by atoms with van der Waals surface area (Å²) in [4.78, 5) is 0. The Kier molecular flexibility index (Phi) is 6.22. The largest absolute Gasteiger partial charge is 0.497 e. The second-order valence-electron chi connectivity index (χ2n) is 4.95. The lowest BCUT2D eigenvalue weighted by atomic mass is 10.0. The van der Waals surface area contributed by atoms with Gasteiger partial charge in [0.05, 0.1) is 13.7 Å². The molecule has 1 aromatic rings. The molecular formula is C14H19NO7S. The Hall–Kier alpha value is -1.36. The molecule has 5 N–H and O–H groups in total. The average molecular weight is 345 g/mol. The number of ether oxygens (including phenoxy) is 2. The van der Waals surface area contributed by atoms with Crippen LogP contribution in [0.15, 0.2) is 29.4 Å². The Balaban J connectivity index is 2.14.